The summed E-state index contributed by atoms with van der Waals surface area (Å²) in [5.74, 6) is 0.680. The van der Waals surface area contributed by atoms with Gasteiger partial charge in [0.05, 0.1) is 11.6 Å². The Bertz CT molecular complexity index is 993. The van der Waals surface area contributed by atoms with Crippen molar-refractivity contribution in [3.8, 4) is 0 Å². The first-order valence-corrected chi connectivity index (χ1v) is 8.41. The molecule has 2 aromatic heterocycles. The fraction of sp³-hybridized carbons (Fsp3) is 0.300. The second kappa shape index (κ2) is 5.70. The molecular weight excluding hydrogens is 314 g/mol. The number of furan rings is 1. The summed E-state index contributed by atoms with van der Waals surface area (Å²) < 4.78 is 7.84. The SMILES string of the molecule is CC(C)(C)C(O)C(c1cc2ccccc2o1)n1nnc2ccccc21. The predicted octanol–water partition coefficient (Wildman–Crippen LogP) is 4.17. The van der Waals surface area contributed by atoms with E-state index in [4.69, 9.17) is 4.42 Å². The molecule has 4 aromatic rings. The summed E-state index contributed by atoms with van der Waals surface area (Å²) in [6.45, 7) is 6.02. The van der Waals surface area contributed by atoms with Gasteiger partial charge in [-0.15, -0.1) is 5.10 Å². The molecule has 5 nitrogen and oxygen atoms in total. The molecule has 0 spiro atoms. The average molecular weight is 335 g/mol. The van der Waals surface area contributed by atoms with E-state index in [1.165, 1.54) is 0 Å². The first kappa shape index (κ1) is 15.8. The third kappa shape index (κ3) is 2.70. The van der Waals surface area contributed by atoms with E-state index in [9.17, 15) is 5.11 Å². The van der Waals surface area contributed by atoms with Gasteiger partial charge >= 0.3 is 0 Å². The second-order valence-corrected chi connectivity index (χ2v) is 7.47. The molecule has 1 N–H and O–H groups in total. The van der Waals surface area contributed by atoms with Gasteiger partial charge in [-0.3, -0.25) is 0 Å². The molecule has 0 fully saturated rings. The van der Waals surface area contributed by atoms with Crippen molar-refractivity contribution in [2.45, 2.75) is 32.9 Å². The third-order valence-electron chi connectivity index (χ3n) is 4.56. The van der Waals surface area contributed by atoms with Crippen molar-refractivity contribution in [2.24, 2.45) is 5.41 Å². The molecule has 5 heteroatoms. The van der Waals surface area contributed by atoms with Gasteiger partial charge in [-0.2, -0.15) is 0 Å². The summed E-state index contributed by atoms with van der Waals surface area (Å²) in [6.07, 6.45) is -0.696. The van der Waals surface area contributed by atoms with Gasteiger partial charge in [0, 0.05) is 5.39 Å². The van der Waals surface area contributed by atoms with Crippen LogP contribution in [0.15, 0.2) is 59.0 Å². The van der Waals surface area contributed by atoms with E-state index >= 15 is 0 Å². The largest absolute Gasteiger partial charge is 0.459 e. The smallest absolute Gasteiger partial charge is 0.138 e. The number of nitrogens with zero attached hydrogens (tertiary/aromatic N) is 3. The van der Waals surface area contributed by atoms with Crippen LogP contribution >= 0.6 is 0 Å². The molecule has 0 saturated carbocycles. The Balaban J connectivity index is 1.93. The van der Waals surface area contributed by atoms with Crippen LogP contribution in [0.5, 0.6) is 0 Å². The van der Waals surface area contributed by atoms with Crippen LogP contribution in [0, 0.1) is 5.41 Å². The maximum atomic E-state index is 11.1. The Hall–Kier alpha value is -2.66. The Morgan fingerprint density at radius 2 is 1.76 bits per heavy atom. The molecule has 0 saturated heterocycles. The summed E-state index contributed by atoms with van der Waals surface area (Å²) in [7, 11) is 0. The molecule has 0 amide bonds. The number of fused-ring (bicyclic) bond motifs is 2. The summed E-state index contributed by atoms with van der Waals surface area (Å²) in [5.41, 5.74) is 2.12. The van der Waals surface area contributed by atoms with Crippen molar-refractivity contribution in [2.75, 3.05) is 0 Å². The molecule has 25 heavy (non-hydrogen) atoms. The van der Waals surface area contributed by atoms with Crippen LogP contribution in [-0.4, -0.2) is 26.2 Å². The molecule has 0 radical (unpaired) electrons. The highest BCUT2D eigenvalue weighted by Crippen LogP contribution is 2.36. The van der Waals surface area contributed by atoms with Crippen molar-refractivity contribution in [1.82, 2.24) is 15.0 Å². The van der Waals surface area contributed by atoms with E-state index in [1.807, 2.05) is 75.4 Å². The van der Waals surface area contributed by atoms with Crippen molar-refractivity contribution in [3.63, 3.8) is 0 Å². The van der Waals surface area contributed by atoms with E-state index in [-0.39, 0.29) is 5.41 Å². The lowest BCUT2D eigenvalue weighted by Crippen LogP contribution is -2.36. The zero-order chi connectivity index (χ0) is 17.6. The van der Waals surface area contributed by atoms with Gasteiger partial charge < -0.3 is 9.52 Å². The first-order chi connectivity index (χ1) is 11.9. The zero-order valence-corrected chi connectivity index (χ0v) is 14.5. The highest BCUT2D eigenvalue weighted by Gasteiger charge is 2.36. The van der Waals surface area contributed by atoms with Crippen molar-refractivity contribution >= 4 is 22.0 Å². The van der Waals surface area contributed by atoms with Crippen molar-refractivity contribution in [1.29, 1.82) is 0 Å². The van der Waals surface area contributed by atoms with Gasteiger partial charge in [0.1, 0.15) is 22.9 Å². The normalized spacial score (nSPS) is 14.9. The summed E-state index contributed by atoms with van der Waals surface area (Å²) in [4.78, 5) is 0. The highest BCUT2D eigenvalue weighted by atomic mass is 16.3. The number of aromatic nitrogens is 3. The minimum Gasteiger partial charge on any atom is -0.459 e. The number of hydrogen-bond donors (Lipinski definition) is 1. The number of aliphatic hydroxyl groups is 1. The summed E-state index contributed by atoms with van der Waals surface area (Å²) in [5, 5.41) is 20.7. The molecule has 2 heterocycles. The highest BCUT2D eigenvalue weighted by molar-refractivity contribution is 5.78. The van der Waals surface area contributed by atoms with E-state index in [2.05, 4.69) is 10.3 Å². The number of aliphatic hydroxyl groups excluding tert-OH is 1. The van der Waals surface area contributed by atoms with Crippen LogP contribution < -0.4 is 0 Å². The lowest BCUT2D eigenvalue weighted by molar-refractivity contribution is 0.0208. The van der Waals surface area contributed by atoms with Crippen molar-refractivity contribution in [3.05, 3.63) is 60.4 Å². The lowest BCUT2D eigenvalue weighted by Gasteiger charge is -2.32. The number of hydrogen-bond acceptors (Lipinski definition) is 4. The maximum Gasteiger partial charge on any atom is 0.138 e. The van der Waals surface area contributed by atoms with Gasteiger partial charge in [0.25, 0.3) is 0 Å². The number of para-hydroxylation sites is 2. The first-order valence-electron chi connectivity index (χ1n) is 8.41. The molecule has 0 aliphatic carbocycles. The fourth-order valence-electron chi connectivity index (χ4n) is 3.12. The minimum atomic E-state index is -0.696. The molecule has 0 aliphatic rings. The fourth-order valence-corrected chi connectivity index (χ4v) is 3.12. The molecule has 2 unspecified atom stereocenters. The number of rotatable bonds is 3. The molecule has 0 bridgehead atoms. The summed E-state index contributed by atoms with van der Waals surface area (Å²) >= 11 is 0. The van der Waals surface area contributed by atoms with E-state index in [1.54, 1.807) is 4.68 Å². The van der Waals surface area contributed by atoms with E-state index in [0.717, 1.165) is 22.0 Å². The Kier molecular flexibility index (Phi) is 3.62. The van der Waals surface area contributed by atoms with Gasteiger partial charge in [-0.05, 0) is 29.7 Å². The topological polar surface area (TPSA) is 64.1 Å². The monoisotopic (exact) mass is 335 g/mol. The van der Waals surface area contributed by atoms with Gasteiger partial charge in [-0.1, -0.05) is 56.3 Å². The molecular formula is C20H21N3O2. The molecule has 4 rings (SSSR count). The predicted molar refractivity (Wildman–Crippen MR) is 97.3 cm³/mol. The third-order valence-corrected chi connectivity index (χ3v) is 4.56. The van der Waals surface area contributed by atoms with Crippen LogP contribution in [0.4, 0.5) is 0 Å². The average Bonchev–Trinajstić information content (AvgIpc) is 3.19. The Labute approximate surface area is 145 Å². The number of benzene rings is 2. The summed E-state index contributed by atoms with van der Waals surface area (Å²) in [6, 6.07) is 17.1. The molecule has 0 aliphatic heterocycles. The quantitative estimate of drug-likeness (QED) is 0.610. The van der Waals surface area contributed by atoms with Gasteiger partial charge in [0.2, 0.25) is 0 Å². The second-order valence-electron chi connectivity index (χ2n) is 7.47. The van der Waals surface area contributed by atoms with Gasteiger partial charge in [0.15, 0.2) is 0 Å². The molecule has 2 aromatic carbocycles. The van der Waals surface area contributed by atoms with Crippen molar-refractivity contribution < 1.29 is 9.52 Å². The van der Waals surface area contributed by atoms with Crippen LogP contribution in [-0.2, 0) is 0 Å². The zero-order valence-electron chi connectivity index (χ0n) is 14.5. The maximum absolute atomic E-state index is 11.1. The molecule has 128 valence electrons. The van der Waals surface area contributed by atoms with E-state index < -0.39 is 12.1 Å². The van der Waals surface area contributed by atoms with Crippen LogP contribution in [0.25, 0.3) is 22.0 Å². The molecule has 2 atom stereocenters. The van der Waals surface area contributed by atoms with E-state index in [0.29, 0.717) is 5.76 Å². The van der Waals surface area contributed by atoms with Crippen LogP contribution in [0.1, 0.15) is 32.6 Å². The lowest BCUT2D eigenvalue weighted by atomic mass is 9.83. The standard InChI is InChI=1S/C20H21N3O2/c1-20(2,3)19(24)18(17-12-13-8-4-7-11-16(13)25-17)23-15-10-6-5-9-14(15)21-22-23/h4-12,18-19,24H,1-3H3. The van der Waals surface area contributed by atoms with Gasteiger partial charge in [-0.25, -0.2) is 4.68 Å². The van der Waals surface area contributed by atoms with Crippen LogP contribution in [0.2, 0.25) is 0 Å². The Morgan fingerprint density at radius 1 is 1.04 bits per heavy atom. The minimum absolute atomic E-state index is 0.351. The van der Waals surface area contributed by atoms with Crippen LogP contribution in [0.3, 0.4) is 0 Å². The Morgan fingerprint density at radius 3 is 2.52 bits per heavy atom.